The average Bonchev–Trinajstić information content (AvgIpc) is 2.96. The Morgan fingerprint density at radius 2 is 1.86 bits per heavy atom. The summed E-state index contributed by atoms with van der Waals surface area (Å²) in [6.07, 6.45) is 2.49. The largest absolute Gasteiger partial charge is 0.356 e. The molecule has 1 saturated heterocycles. The highest BCUT2D eigenvalue weighted by atomic mass is 79.9. The Balaban J connectivity index is 1.85. The zero-order valence-corrected chi connectivity index (χ0v) is 13.9. The highest BCUT2D eigenvalue weighted by molar-refractivity contribution is 9.10. The molecule has 0 spiro atoms. The van der Waals surface area contributed by atoms with E-state index < -0.39 is 0 Å². The van der Waals surface area contributed by atoms with Crippen LogP contribution in [0, 0.1) is 13.8 Å². The summed E-state index contributed by atoms with van der Waals surface area (Å²) in [6, 6.07) is 8.23. The second-order valence-electron chi connectivity index (χ2n) is 5.47. The van der Waals surface area contributed by atoms with Crippen molar-refractivity contribution in [3.05, 3.63) is 40.0 Å². The minimum absolute atomic E-state index is 0.660. The van der Waals surface area contributed by atoms with Crippen molar-refractivity contribution in [2.45, 2.75) is 26.7 Å². The summed E-state index contributed by atoms with van der Waals surface area (Å²) in [4.78, 5) is 11.5. The Labute approximate surface area is 133 Å². The molecule has 2 aromatic rings. The van der Waals surface area contributed by atoms with Gasteiger partial charge in [0, 0.05) is 35.0 Å². The van der Waals surface area contributed by atoms with Gasteiger partial charge in [-0.2, -0.15) is 4.98 Å². The maximum absolute atomic E-state index is 4.65. The average molecular weight is 347 g/mol. The third-order valence-corrected chi connectivity index (χ3v) is 4.55. The minimum atomic E-state index is 0.660. The van der Waals surface area contributed by atoms with Crippen molar-refractivity contribution >= 4 is 33.4 Å². The number of rotatable bonds is 3. The van der Waals surface area contributed by atoms with Gasteiger partial charge in [0.2, 0.25) is 5.95 Å². The van der Waals surface area contributed by atoms with Gasteiger partial charge in [0.15, 0.2) is 0 Å². The topological polar surface area (TPSA) is 41.1 Å². The van der Waals surface area contributed by atoms with E-state index in [2.05, 4.69) is 61.2 Å². The summed E-state index contributed by atoms with van der Waals surface area (Å²) in [6.45, 7) is 6.26. The van der Waals surface area contributed by atoms with E-state index >= 15 is 0 Å². The molecule has 1 aliphatic heterocycles. The monoisotopic (exact) mass is 346 g/mol. The van der Waals surface area contributed by atoms with Crippen LogP contribution in [0.15, 0.2) is 28.7 Å². The maximum Gasteiger partial charge on any atom is 0.229 e. The van der Waals surface area contributed by atoms with E-state index in [0.29, 0.717) is 5.95 Å². The second kappa shape index (κ2) is 6.02. The van der Waals surface area contributed by atoms with Crippen molar-refractivity contribution in [1.29, 1.82) is 0 Å². The van der Waals surface area contributed by atoms with Crippen LogP contribution >= 0.6 is 15.9 Å². The van der Waals surface area contributed by atoms with Crippen molar-refractivity contribution in [3.8, 4) is 0 Å². The molecule has 1 N–H and O–H groups in total. The lowest BCUT2D eigenvalue weighted by atomic mass is 10.2. The Morgan fingerprint density at radius 3 is 2.57 bits per heavy atom. The van der Waals surface area contributed by atoms with Gasteiger partial charge in [-0.1, -0.05) is 22.0 Å². The molecule has 5 heteroatoms. The quantitative estimate of drug-likeness (QED) is 0.904. The van der Waals surface area contributed by atoms with Gasteiger partial charge < -0.3 is 10.2 Å². The fourth-order valence-electron chi connectivity index (χ4n) is 2.52. The predicted molar refractivity (Wildman–Crippen MR) is 90.4 cm³/mol. The van der Waals surface area contributed by atoms with Crippen LogP contribution in [0.3, 0.4) is 0 Å². The summed E-state index contributed by atoms with van der Waals surface area (Å²) < 4.78 is 1.08. The molecule has 2 heterocycles. The zero-order valence-electron chi connectivity index (χ0n) is 12.4. The van der Waals surface area contributed by atoms with E-state index in [0.717, 1.165) is 34.8 Å². The Kier molecular flexibility index (Phi) is 4.10. The van der Waals surface area contributed by atoms with Crippen molar-refractivity contribution in [3.63, 3.8) is 0 Å². The summed E-state index contributed by atoms with van der Waals surface area (Å²) in [7, 11) is 0. The van der Waals surface area contributed by atoms with Gasteiger partial charge in [0.25, 0.3) is 0 Å². The number of benzene rings is 1. The lowest BCUT2D eigenvalue weighted by molar-refractivity contribution is 0.923. The molecule has 0 atom stereocenters. The Bertz CT molecular complexity index is 651. The first kappa shape index (κ1) is 14.3. The van der Waals surface area contributed by atoms with Crippen LogP contribution in [0.25, 0.3) is 0 Å². The van der Waals surface area contributed by atoms with Crippen LogP contribution in [-0.2, 0) is 0 Å². The van der Waals surface area contributed by atoms with Crippen LogP contribution in [0.5, 0.6) is 0 Å². The van der Waals surface area contributed by atoms with Crippen molar-refractivity contribution < 1.29 is 0 Å². The standard InChI is InChI=1S/C16H19BrN4/c1-11-5-6-13(10-14(11)17)19-16-18-12(2)9-15(20-16)21-7-3-4-8-21/h5-6,9-10H,3-4,7-8H2,1-2H3,(H,18,19,20). The molecule has 1 aromatic carbocycles. The number of nitrogens with zero attached hydrogens (tertiary/aromatic N) is 3. The number of anilines is 3. The van der Waals surface area contributed by atoms with E-state index in [9.17, 15) is 0 Å². The third kappa shape index (κ3) is 3.35. The lowest BCUT2D eigenvalue weighted by Gasteiger charge is -2.17. The second-order valence-corrected chi connectivity index (χ2v) is 6.33. The summed E-state index contributed by atoms with van der Waals surface area (Å²) in [5.74, 6) is 1.68. The van der Waals surface area contributed by atoms with Crippen LogP contribution in [0.4, 0.5) is 17.5 Å². The SMILES string of the molecule is Cc1cc(N2CCCC2)nc(Nc2ccc(C)c(Br)c2)n1. The van der Waals surface area contributed by atoms with E-state index in [1.54, 1.807) is 0 Å². The smallest absolute Gasteiger partial charge is 0.229 e. The van der Waals surface area contributed by atoms with E-state index in [-0.39, 0.29) is 0 Å². The van der Waals surface area contributed by atoms with Gasteiger partial charge >= 0.3 is 0 Å². The van der Waals surface area contributed by atoms with Crippen molar-refractivity contribution in [2.24, 2.45) is 0 Å². The Hall–Kier alpha value is -1.62. The first-order chi connectivity index (χ1) is 10.1. The highest BCUT2D eigenvalue weighted by Crippen LogP contribution is 2.24. The molecular formula is C16H19BrN4. The normalized spacial score (nSPS) is 14.5. The van der Waals surface area contributed by atoms with E-state index in [1.807, 2.05) is 13.0 Å². The molecule has 1 aromatic heterocycles. The summed E-state index contributed by atoms with van der Waals surface area (Å²) in [5.41, 5.74) is 3.19. The first-order valence-electron chi connectivity index (χ1n) is 7.25. The number of hydrogen-bond acceptors (Lipinski definition) is 4. The molecule has 21 heavy (non-hydrogen) atoms. The van der Waals surface area contributed by atoms with E-state index in [4.69, 9.17) is 0 Å². The van der Waals surface area contributed by atoms with Gasteiger partial charge in [-0.15, -0.1) is 0 Å². The predicted octanol–water partition coefficient (Wildman–Crippen LogP) is 4.20. The van der Waals surface area contributed by atoms with Crippen LogP contribution in [-0.4, -0.2) is 23.1 Å². The van der Waals surface area contributed by atoms with Gasteiger partial charge in [-0.25, -0.2) is 4.98 Å². The molecule has 1 fully saturated rings. The summed E-state index contributed by atoms with van der Waals surface area (Å²) in [5, 5.41) is 3.30. The number of nitrogens with one attached hydrogen (secondary N) is 1. The molecule has 0 aliphatic carbocycles. The van der Waals surface area contributed by atoms with Gasteiger partial charge in [0.05, 0.1) is 0 Å². The zero-order chi connectivity index (χ0) is 14.8. The molecule has 3 rings (SSSR count). The van der Waals surface area contributed by atoms with Crippen LogP contribution in [0.2, 0.25) is 0 Å². The van der Waals surface area contributed by atoms with Crippen molar-refractivity contribution in [1.82, 2.24) is 9.97 Å². The molecule has 0 unspecified atom stereocenters. The minimum Gasteiger partial charge on any atom is -0.356 e. The van der Waals surface area contributed by atoms with Gasteiger partial charge in [0.1, 0.15) is 5.82 Å². The van der Waals surface area contributed by atoms with Gasteiger partial charge in [-0.05, 0) is 44.4 Å². The fourth-order valence-corrected chi connectivity index (χ4v) is 2.89. The third-order valence-electron chi connectivity index (χ3n) is 3.70. The fraction of sp³-hybridized carbons (Fsp3) is 0.375. The number of hydrogen-bond donors (Lipinski definition) is 1. The molecule has 0 radical (unpaired) electrons. The molecule has 1 aliphatic rings. The molecule has 0 bridgehead atoms. The lowest BCUT2D eigenvalue weighted by Crippen LogP contribution is -2.19. The van der Waals surface area contributed by atoms with Crippen LogP contribution in [0.1, 0.15) is 24.1 Å². The number of halogens is 1. The van der Waals surface area contributed by atoms with E-state index in [1.165, 1.54) is 18.4 Å². The molecule has 4 nitrogen and oxygen atoms in total. The Morgan fingerprint density at radius 1 is 1.10 bits per heavy atom. The van der Waals surface area contributed by atoms with Crippen LogP contribution < -0.4 is 10.2 Å². The highest BCUT2D eigenvalue weighted by Gasteiger charge is 2.15. The molecular weight excluding hydrogens is 328 g/mol. The maximum atomic E-state index is 4.65. The molecule has 0 saturated carbocycles. The van der Waals surface area contributed by atoms with Crippen molar-refractivity contribution in [2.75, 3.05) is 23.3 Å². The first-order valence-corrected chi connectivity index (χ1v) is 8.05. The molecule has 0 amide bonds. The number of aryl methyl sites for hydroxylation is 2. The van der Waals surface area contributed by atoms with Gasteiger partial charge in [-0.3, -0.25) is 0 Å². The summed E-state index contributed by atoms with van der Waals surface area (Å²) >= 11 is 3.55. The molecule has 110 valence electrons. The number of aromatic nitrogens is 2.